The molecule has 0 fully saturated rings. The van der Waals surface area contributed by atoms with Crippen molar-refractivity contribution < 1.29 is 5.11 Å². The predicted octanol–water partition coefficient (Wildman–Crippen LogP) is 2.12. The third-order valence-electron chi connectivity index (χ3n) is 3.10. The molecule has 3 heteroatoms. The van der Waals surface area contributed by atoms with Crippen LogP contribution in [0.5, 0.6) is 0 Å². The molecule has 1 heterocycles. The van der Waals surface area contributed by atoms with Gasteiger partial charge in [0.05, 0.1) is 6.10 Å². The zero-order valence-corrected chi connectivity index (χ0v) is 10.5. The van der Waals surface area contributed by atoms with Crippen LogP contribution in [-0.4, -0.2) is 16.2 Å². The largest absolute Gasteiger partial charge is 0.392 e. The molecule has 1 atom stereocenters. The molecular weight excluding hydrogens is 224 g/mol. The standard InChI is InChI=1S/C15H18N2O/c1-11-5-2-3-6-12(11)9-14(18)10-13-7-4-8-17-15(13)16/h2-8,14,18H,9-10H2,1H3,(H2,16,17). The number of pyridine rings is 1. The average molecular weight is 242 g/mol. The van der Waals surface area contributed by atoms with Crippen LogP contribution in [0, 0.1) is 6.92 Å². The first kappa shape index (κ1) is 12.6. The monoisotopic (exact) mass is 242 g/mol. The highest BCUT2D eigenvalue weighted by Crippen LogP contribution is 2.15. The Kier molecular flexibility index (Phi) is 3.95. The minimum absolute atomic E-state index is 0.433. The molecule has 18 heavy (non-hydrogen) atoms. The third-order valence-corrected chi connectivity index (χ3v) is 3.10. The number of nitrogens with two attached hydrogens (primary N) is 1. The molecule has 0 spiro atoms. The van der Waals surface area contributed by atoms with Crippen LogP contribution < -0.4 is 5.73 Å². The van der Waals surface area contributed by atoms with Crippen molar-refractivity contribution in [3.05, 3.63) is 59.3 Å². The smallest absolute Gasteiger partial charge is 0.126 e. The number of nitrogen functional groups attached to an aromatic ring is 1. The summed E-state index contributed by atoms with van der Waals surface area (Å²) in [5, 5.41) is 10.1. The summed E-state index contributed by atoms with van der Waals surface area (Å²) in [7, 11) is 0. The van der Waals surface area contributed by atoms with Gasteiger partial charge in [0.25, 0.3) is 0 Å². The molecule has 94 valence electrons. The summed E-state index contributed by atoms with van der Waals surface area (Å²) in [6.07, 6.45) is 2.40. The number of aryl methyl sites for hydroxylation is 1. The van der Waals surface area contributed by atoms with Crippen LogP contribution in [0.2, 0.25) is 0 Å². The lowest BCUT2D eigenvalue weighted by Gasteiger charge is -2.13. The van der Waals surface area contributed by atoms with Gasteiger partial charge in [0.1, 0.15) is 5.82 Å². The lowest BCUT2D eigenvalue weighted by atomic mass is 9.99. The molecule has 0 amide bonds. The SMILES string of the molecule is Cc1ccccc1CC(O)Cc1cccnc1N. The summed E-state index contributed by atoms with van der Waals surface area (Å²) in [6.45, 7) is 2.06. The first-order chi connectivity index (χ1) is 8.66. The van der Waals surface area contributed by atoms with Crippen LogP contribution in [0.25, 0.3) is 0 Å². The van der Waals surface area contributed by atoms with E-state index in [1.54, 1.807) is 6.20 Å². The summed E-state index contributed by atoms with van der Waals surface area (Å²) < 4.78 is 0. The number of aromatic nitrogens is 1. The molecule has 0 aliphatic carbocycles. The van der Waals surface area contributed by atoms with Crippen molar-refractivity contribution in [2.45, 2.75) is 25.9 Å². The van der Waals surface area contributed by atoms with Gasteiger partial charge in [0.15, 0.2) is 0 Å². The van der Waals surface area contributed by atoms with Gasteiger partial charge < -0.3 is 10.8 Å². The zero-order valence-electron chi connectivity index (χ0n) is 10.5. The fourth-order valence-electron chi connectivity index (χ4n) is 2.04. The van der Waals surface area contributed by atoms with Crippen molar-refractivity contribution in [3.8, 4) is 0 Å². The highest BCUT2D eigenvalue weighted by atomic mass is 16.3. The minimum Gasteiger partial charge on any atom is -0.392 e. The average Bonchev–Trinajstić information content (AvgIpc) is 2.35. The lowest BCUT2D eigenvalue weighted by Crippen LogP contribution is -2.16. The highest BCUT2D eigenvalue weighted by Gasteiger charge is 2.10. The van der Waals surface area contributed by atoms with Crippen LogP contribution >= 0.6 is 0 Å². The quantitative estimate of drug-likeness (QED) is 0.863. The number of benzene rings is 1. The highest BCUT2D eigenvalue weighted by molar-refractivity contribution is 5.39. The molecule has 3 N–H and O–H groups in total. The van der Waals surface area contributed by atoms with Crippen molar-refractivity contribution in [1.29, 1.82) is 0 Å². The van der Waals surface area contributed by atoms with Crippen LogP contribution in [0.4, 0.5) is 5.82 Å². The molecule has 0 radical (unpaired) electrons. The molecule has 0 aliphatic heterocycles. The summed E-state index contributed by atoms with van der Waals surface area (Å²) in [5.74, 6) is 0.501. The lowest BCUT2D eigenvalue weighted by molar-refractivity contribution is 0.175. The first-order valence-electron chi connectivity index (χ1n) is 6.08. The van der Waals surface area contributed by atoms with E-state index in [0.717, 1.165) is 5.56 Å². The minimum atomic E-state index is -0.433. The van der Waals surface area contributed by atoms with Crippen LogP contribution in [0.3, 0.4) is 0 Å². The zero-order chi connectivity index (χ0) is 13.0. The maximum Gasteiger partial charge on any atom is 0.126 e. The molecular formula is C15H18N2O. The van der Waals surface area contributed by atoms with Gasteiger partial charge in [0.2, 0.25) is 0 Å². The molecule has 1 aromatic carbocycles. The van der Waals surface area contributed by atoms with Gasteiger partial charge in [0, 0.05) is 12.6 Å². The maximum absolute atomic E-state index is 10.1. The number of aliphatic hydroxyl groups excluding tert-OH is 1. The van der Waals surface area contributed by atoms with Crippen LogP contribution in [0.1, 0.15) is 16.7 Å². The van der Waals surface area contributed by atoms with E-state index < -0.39 is 6.10 Å². The van der Waals surface area contributed by atoms with E-state index in [2.05, 4.69) is 18.0 Å². The van der Waals surface area contributed by atoms with Crippen molar-refractivity contribution in [2.24, 2.45) is 0 Å². The summed E-state index contributed by atoms with van der Waals surface area (Å²) in [5.41, 5.74) is 9.05. The van der Waals surface area contributed by atoms with Crippen LogP contribution in [0.15, 0.2) is 42.6 Å². The van der Waals surface area contributed by atoms with Crippen molar-refractivity contribution in [3.63, 3.8) is 0 Å². The molecule has 2 aromatic rings. The summed E-state index contributed by atoms with van der Waals surface area (Å²) >= 11 is 0. The van der Waals surface area contributed by atoms with Crippen molar-refractivity contribution in [1.82, 2.24) is 4.98 Å². The molecule has 2 rings (SSSR count). The van der Waals surface area contributed by atoms with Crippen molar-refractivity contribution >= 4 is 5.82 Å². The predicted molar refractivity (Wildman–Crippen MR) is 73.2 cm³/mol. The number of hydrogen-bond donors (Lipinski definition) is 2. The Morgan fingerprint density at radius 1 is 1.11 bits per heavy atom. The number of hydrogen-bond acceptors (Lipinski definition) is 3. The van der Waals surface area contributed by atoms with Gasteiger partial charge >= 0.3 is 0 Å². The van der Waals surface area contributed by atoms with E-state index in [4.69, 9.17) is 5.73 Å². The fraction of sp³-hybridized carbons (Fsp3) is 0.267. The molecule has 0 saturated carbocycles. The number of rotatable bonds is 4. The Bertz CT molecular complexity index is 478. The summed E-state index contributed by atoms with van der Waals surface area (Å²) in [4.78, 5) is 4.02. The molecule has 1 aromatic heterocycles. The molecule has 3 nitrogen and oxygen atoms in total. The second-order valence-corrected chi connectivity index (χ2v) is 4.54. The van der Waals surface area contributed by atoms with E-state index >= 15 is 0 Å². The van der Waals surface area contributed by atoms with Gasteiger partial charge in [-0.05, 0) is 36.1 Å². The van der Waals surface area contributed by atoms with Gasteiger partial charge in [-0.1, -0.05) is 30.3 Å². The van der Waals surface area contributed by atoms with Gasteiger partial charge in [-0.3, -0.25) is 0 Å². The molecule has 1 unspecified atom stereocenters. The van der Waals surface area contributed by atoms with E-state index in [-0.39, 0.29) is 0 Å². The first-order valence-corrected chi connectivity index (χ1v) is 6.08. The summed E-state index contributed by atoms with van der Waals surface area (Å²) in [6, 6.07) is 11.8. The van der Waals surface area contributed by atoms with E-state index in [1.165, 1.54) is 11.1 Å². The Morgan fingerprint density at radius 3 is 2.50 bits per heavy atom. The van der Waals surface area contributed by atoms with Crippen molar-refractivity contribution in [2.75, 3.05) is 5.73 Å². The Labute approximate surface area is 107 Å². The van der Waals surface area contributed by atoms with E-state index in [1.807, 2.05) is 30.3 Å². The number of aliphatic hydroxyl groups is 1. The third kappa shape index (κ3) is 3.08. The van der Waals surface area contributed by atoms with E-state index in [0.29, 0.717) is 18.7 Å². The second-order valence-electron chi connectivity index (χ2n) is 4.54. The Balaban J connectivity index is 2.04. The second kappa shape index (κ2) is 5.65. The molecule has 0 aliphatic rings. The maximum atomic E-state index is 10.1. The molecule has 0 bridgehead atoms. The topological polar surface area (TPSA) is 59.1 Å². The van der Waals surface area contributed by atoms with Crippen LogP contribution in [-0.2, 0) is 12.8 Å². The van der Waals surface area contributed by atoms with E-state index in [9.17, 15) is 5.11 Å². The fourth-order valence-corrected chi connectivity index (χ4v) is 2.04. The number of nitrogens with zero attached hydrogens (tertiary/aromatic N) is 1. The normalized spacial score (nSPS) is 12.3. The van der Waals surface area contributed by atoms with Gasteiger partial charge in [-0.25, -0.2) is 4.98 Å². The molecule has 0 saturated heterocycles. The number of anilines is 1. The Hall–Kier alpha value is -1.87. The van der Waals surface area contributed by atoms with Gasteiger partial charge in [-0.15, -0.1) is 0 Å². The van der Waals surface area contributed by atoms with Gasteiger partial charge in [-0.2, -0.15) is 0 Å². The Morgan fingerprint density at radius 2 is 1.78 bits per heavy atom.